The van der Waals surface area contributed by atoms with Crippen molar-refractivity contribution in [2.24, 2.45) is 4.99 Å². The average molecular weight is 513 g/mol. The van der Waals surface area contributed by atoms with Crippen LogP contribution in [0.4, 0.5) is 0 Å². The van der Waals surface area contributed by atoms with Crippen molar-refractivity contribution in [3.63, 3.8) is 0 Å². The van der Waals surface area contributed by atoms with E-state index in [4.69, 9.17) is 27.9 Å². The summed E-state index contributed by atoms with van der Waals surface area (Å²) in [5.74, 6) is 0.976. The van der Waals surface area contributed by atoms with E-state index in [-0.39, 0.29) is 24.0 Å². The third kappa shape index (κ3) is 6.12. The number of nitrogens with one attached hydrogen (secondary N) is 1. The lowest BCUT2D eigenvalue weighted by atomic mass is 10.1. The second-order valence-electron chi connectivity index (χ2n) is 6.54. The van der Waals surface area contributed by atoms with Crippen LogP contribution in [0.5, 0.6) is 0 Å². The molecule has 1 N–H and O–H groups in total. The number of morpholine rings is 1. The number of aliphatic imine (C=N–C) groups is 1. The van der Waals surface area contributed by atoms with Crippen molar-refractivity contribution in [3.05, 3.63) is 33.8 Å². The molecule has 1 unspecified atom stereocenters. The number of nitrogens with zero attached hydrogens (tertiary/aromatic N) is 3. The molecule has 2 aliphatic rings. The lowest BCUT2D eigenvalue weighted by Gasteiger charge is -2.32. The highest BCUT2D eigenvalue weighted by Crippen LogP contribution is 2.19. The molecule has 2 saturated heterocycles. The molecule has 8 heteroatoms. The van der Waals surface area contributed by atoms with Crippen molar-refractivity contribution >= 4 is 53.1 Å². The molecule has 2 heterocycles. The minimum absolute atomic E-state index is 0. The molecule has 0 spiro atoms. The van der Waals surface area contributed by atoms with E-state index < -0.39 is 0 Å². The van der Waals surface area contributed by atoms with Crippen LogP contribution in [0, 0.1) is 0 Å². The summed E-state index contributed by atoms with van der Waals surface area (Å²) in [6.07, 6.45) is 2.05. The molecule has 0 radical (unpaired) electrons. The minimum atomic E-state index is 0. The predicted molar refractivity (Wildman–Crippen MR) is 119 cm³/mol. The maximum Gasteiger partial charge on any atom is 0.193 e. The first kappa shape index (κ1) is 22.0. The molecule has 1 atom stereocenters. The Bertz CT molecular complexity index is 591. The zero-order chi connectivity index (χ0) is 17.6. The van der Waals surface area contributed by atoms with Gasteiger partial charge < -0.3 is 15.0 Å². The summed E-state index contributed by atoms with van der Waals surface area (Å²) in [6.45, 7) is 6.67. The molecule has 2 fully saturated rings. The van der Waals surface area contributed by atoms with Crippen LogP contribution < -0.4 is 5.32 Å². The summed E-state index contributed by atoms with van der Waals surface area (Å²) in [7, 11) is 1.85. The van der Waals surface area contributed by atoms with Crippen molar-refractivity contribution in [2.45, 2.75) is 18.9 Å². The molecule has 0 saturated carbocycles. The van der Waals surface area contributed by atoms with Gasteiger partial charge in [-0.25, -0.2) is 0 Å². The number of benzene rings is 1. The lowest BCUT2D eigenvalue weighted by Crippen LogP contribution is -2.46. The second kappa shape index (κ2) is 10.9. The molecule has 146 valence electrons. The molecule has 1 aromatic rings. The van der Waals surface area contributed by atoms with E-state index >= 15 is 0 Å². The van der Waals surface area contributed by atoms with Gasteiger partial charge in [0.2, 0.25) is 0 Å². The molecule has 0 bridgehead atoms. The van der Waals surface area contributed by atoms with Crippen LogP contribution in [0.3, 0.4) is 0 Å². The van der Waals surface area contributed by atoms with Crippen LogP contribution in [-0.2, 0) is 11.2 Å². The first-order chi connectivity index (χ1) is 12.2. The Kier molecular flexibility index (Phi) is 9.23. The van der Waals surface area contributed by atoms with E-state index in [2.05, 4.69) is 20.1 Å². The van der Waals surface area contributed by atoms with E-state index in [0.29, 0.717) is 16.1 Å². The summed E-state index contributed by atoms with van der Waals surface area (Å²) in [5.41, 5.74) is 1.13. The molecular formula is C18H27Cl2IN4O. The number of hydrogen-bond donors (Lipinski definition) is 1. The fourth-order valence-electron chi connectivity index (χ4n) is 3.58. The molecule has 0 aromatic heterocycles. The van der Waals surface area contributed by atoms with Gasteiger partial charge in [0.15, 0.2) is 5.96 Å². The Hall–Kier alpha value is -0.280. The van der Waals surface area contributed by atoms with Gasteiger partial charge in [0.05, 0.1) is 13.2 Å². The van der Waals surface area contributed by atoms with Crippen LogP contribution in [0.2, 0.25) is 10.0 Å². The Balaban J connectivity index is 0.00000243. The highest BCUT2D eigenvalue weighted by molar-refractivity contribution is 14.0. The fourth-order valence-corrected chi connectivity index (χ4v) is 4.15. The SMILES string of the molecule is CN=C(NCCc1cc(Cl)cc(Cl)c1)N1CCC(N2CCOCC2)C1.I. The van der Waals surface area contributed by atoms with E-state index in [1.54, 1.807) is 6.07 Å². The summed E-state index contributed by atoms with van der Waals surface area (Å²) >= 11 is 12.1. The quantitative estimate of drug-likeness (QED) is 0.382. The number of guanidine groups is 1. The van der Waals surface area contributed by atoms with E-state index in [1.807, 2.05) is 19.2 Å². The largest absolute Gasteiger partial charge is 0.379 e. The van der Waals surface area contributed by atoms with Gasteiger partial charge in [-0.05, 0) is 36.6 Å². The van der Waals surface area contributed by atoms with Gasteiger partial charge in [-0.15, -0.1) is 24.0 Å². The van der Waals surface area contributed by atoms with Crippen LogP contribution in [0.25, 0.3) is 0 Å². The third-order valence-electron chi connectivity index (χ3n) is 4.86. The van der Waals surface area contributed by atoms with Crippen LogP contribution in [-0.4, -0.2) is 74.8 Å². The maximum absolute atomic E-state index is 6.06. The molecule has 2 aliphatic heterocycles. The number of rotatable bonds is 4. The number of halogens is 3. The van der Waals surface area contributed by atoms with Gasteiger partial charge >= 0.3 is 0 Å². The monoisotopic (exact) mass is 512 g/mol. The molecular weight excluding hydrogens is 486 g/mol. The Morgan fingerprint density at radius 3 is 2.54 bits per heavy atom. The number of hydrogen-bond acceptors (Lipinski definition) is 3. The van der Waals surface area contributed by atoms with Gasteiger partial charge in [0.1, 0.15) is 0 Å². The minimum Gasteiger partial charge on any atom is -0.379 e. The maximum atomic E-state index is 6.06. The van der Waals surface area contributed by atoms with Crippen molar-refractivity contribution in [1.29, 1.82) is 0 Å². The van der Waals surface area contributed by atoms with Crippen molar-refractivity contribution in [3.8, 4) is 0 Å². The first-order valence-electron chi connectivity index (χ1n) is 8.88. The summed E-state index contributed by atoms with van der Waals surface area (Å²) in [5, 5.41) is 4.83. The van der Waals surface area contributed by atoms with E-state index in [1.165, 1.54) is 6.42 Å². The predicted octanol–water partition coefficient (Wildman–Crippen LogP) is 3.14. The second-order valence-corrected chi connectivity index (χ2v) is 7.41. The smallest absolute Gasteiger partial charge is 0.193 e. The molecule has 5 nitrogen and oxygen atoms in total. The van der Waals surface area contributed by atoms with Gasteiger partial charge in [0, 0.05) is 55.9 Å². The fraction of sp³-hybridized carbons (Fsp3) is 0.611. The summed E-state index contributed by atoms with van der Waals surface area (Å²) in [4.78, 5) is 9.35. The highest BCUT2D eigenvalue weighted by Gasteiger charge is 2.30. The number of likely N-dealkylation sites (tertiary alicyclic amines) is 1. The van der Waals surface area contributed by atoms with Crippen molar-refractivity contribution in [1.82, 2.24) is 15.1 Å². The zero-order valence-corrected chi connectivity index (χ0v) is 18.9. The lowest BCUT2D eigenvalue weighted by molar-refractivity contribution is 0.0195. The number of ether oxygens (including phenoxy) is 1. The van der Waals surface area contributed by atoms with Gasteiger partial charge in [-0.1, -0.05) is 23.2 Å². The Labute approximate surface area is 183 Å². The van der Waals surface area contributed by atoms with Crippen LogP contribution in [0.1, 0.15) is 12.0 Å². The topological polar surface area (TPSA) is 40.1 Å². The van der Waals surface area contributed by atoms with Crippen LogP contribution >= 0.6 is 47.2 Å². The first-order valence-corrected chi connectivity index (χ1v) is 9.63. The highest BCUT2D eigenvalue weighted by atomic mass is 127. The van der Waals surface area contributed by atoms with E-state index in [9.17, 15) is 0 Å². The standard InChI is InChI=1S/C18H26Cl2N4O.HI/c1-21-18(22-4-2-14-10-15(19)12-16(20)11-14)24-5-3-17(13-24)23-6-8-25-9-7-23;/h10-12,17H,2-9,13H2,1H3,(H,21,22);1H. The van der Waals surface area contributed by atoms with Crippen molar-refractivity contribution in [2.75, 3.05) is 53.0 Å². The third-order valence-corrected chi connectivity index (χ3v) is 5.29. The van der Waals surface area contributed by atoms with Crippen molar-refractivity contribution < 1.29 is 4.74 Å². The summed E-state index contributed by atoms with van der Waals surface area (Å²) in [6, 6.07) is 6.29. The Morgan fingerprint density at radius 1 is 1.19 bits per heavy atom. The molecule has 3 rings (SSSR count). The average Bonchev–Trinajstić information content (AvgIpc) is 3.08. The molecule has 1 aromatic carbocycles. The molecule has 0 amide bonds. The van der Waals surface area contributed by atoms with Gasteiger partial charge in [-0.2, -0.15) is 0 Å². The summed E-state index contributed by atoms with van der Waals surface area (Å²) < 4.78 is 5.46. The van der Waals surface area contributed by atoms with Gasteiger partial charge in [0.25, 0.3) is 0 Å². The van der Waals surface area contributed by atoms with Gasteiger partial charge in [-0.3, -0.25) is 9.89 Å². The Morgan fingerprint density at radius 2 is 1.88 bits per heavy atom. The zero-order valence-electron chi connectivity index (χ0n) is 15.1. The normalized spacial score (nSPS) is 21.6. The van der Waals surface area contributed by atoms with E-state index in [0.717, 1.165) is 63.9 Å². The molecule has 0 aliphatic carbocycles. The van der Waals surface area contributed by atoms with Crippen LogP contribution in [0.15, 0.2) is 23.2 Å². The molecule has 26 heavy (non-hydrogen) atoms.